The molecular formula is C21H22FN3O5S. The van der Waals surface area contributed by atoms with Crippen LogP contribution < -0.4 is 10.0 Å². The Labute approximate surface area is 179 Å². The number of hydrogen-bond acceptors (Lipinski definition) is 5. The van der Waals surface area contributed by atoms with Gasteiger partial charge >= 0.3 is 0 Å². The van der Waals surface area contributed by atoms with E-state index < -0.39 is 21.7 Å². The van der Waals surface area contributed by atoms with Gasteiger partial charge in [-0.3, -0.25) is 14.4 Å². The Morgan fingerprint density at radius 2 is 1.68 bits per heavy atom. The Morgan fingerprint density at radius 1 is 1.03 bits per heavy atom. The van der Waals surface area contributed by atoms with E-state index in [1.54, 1.807) is 11.0 Å². The monoisotopic (exact) mass is 447 g/mol. The predicted molar refractivity (Wildman–Crippen MR) is 111 cm³/mol. The Kier molecular flexibility index (Phi) is 6.69. The first-order chi connectivity index (χ1) is 14.7. The number of benzene rings is 2. The summed E-state index contributed by atoms with van der Waals surface area (Å²) >= 11 is 0. The number of anilines is 1. The van der Waals surface area contributed by atoms with Crippen molar-refractivity contribution in [3.05, 3.63) is 59.9 Å². The quantitative estimate of drug-likeness (QED) is 0.729. The number of nitrogens with zero attached hydrogens (tertiary/aromatic N) is 1. The number of carbonyl (C=O) groups is 3. The summed E-state index contributed by atoms with van der Waals surface area (Å²) in [6, 6.07) is 11.0. The van der Waals surface area contributed by atoms with Gasteiger partial charge in [0.25, 0.3) is 15.9 Å². The maximum absolute atomic E-state index is 13.3. The second-order valence-electron chi connectivity index (χ2n) is 7.25. The molecular weight excluding hydrogens is 425 g/mol. The highest BCUT2D eigenvalue weighted by Crippen LogP contribution is 2.22. The molecule has 1 heterocycles. The van der Waals surface area contributed by atoms with Gasteiger partial charge in [-0.2, -0.15) is 0 Å². The van der Waals surface area contributed by atoms with Crippen LogP contribution in [0.4, 0.5) is 10.1 Å². The molecule has 0 aliphatic carbocycles. The summed E-state index contributed by atoms with van der Waals surface area (Å²) in [5.74, 6) is -1.97. The zero-order chi connectivity index (χ0) is 22.6. The number of rotatable bonds is 5. The standard InChI is InChI=1S/C21H22FN3O5S/c1-14(26)24-31(29,30)19-7-5-18(6-8-19)23-20(27)15-9-11-25(12-10-15)21(28)16-3-2-4-17(22)13-16/h2-8,13,15H,9-12H2,1H3,(H,23,27)(H,24,26). The van der Waals surface area contributed by atoms with Crippen molar-refractivity contribution in [3.8, 4) is 0 Å². The topological polar surface area (TPSA) is 113 Å². The van der Waals surface area contributed by atoms with Gasteiger partial charge < -0.3 is 10.2 Å². The van der Waals surface area contributed by atoms with Crippen molar-refractivity contribution in [1.29, 1.82) is 0 Å². The summed E-state index contributed by atoms with van der Waals surface area (Å²) in [6.45, 7) is 1.85. The molecule has 164 valence electrons. The minimum Gasteiger partial charge on any atom is -0.339 e. The second kappa shape index (κ2) is 9.25. The maximum Gasteiger partial charge on any atom is 0.264 e. The number of piperidine rings is 1. The lowest BCUT2D eigenvalue weighted by molar-refractivity contribution is -0.121. The molecule has 0 saturated carbocycles. The smallest absolute Gasteiger partial charge is 0.264 e. The molecule has 31 heavy (non-hydrogen) atoms. The third-order valence-corrected chi connectivity index (χ3v) is 6.38. The van der Waals surface area contributed by atoms with Crippen molar-refractivity contribution in [2.45, 2.75) is 24.7 Å². The van der Waals surface area contributed by atoms with E-state index in [0.717, 1.165) is 6.92 Å². The lowest BCUT2D eigenvalue weighted by Gasteiger charge is -2.31. The second-order valence-corrected chi connectivity index (χ2v) is 8.93. The lowest BCUT2D eigenvalue weighted by atomic mass is 9.95. The van der Waals surface area contributed by atoms with Crippen molar-refractivity contribution in [2.75, 3.05) is 18.4 Å². The van der Waals surface area contributed by atoms with Crippen LogP contribution in [0.1, 0.15) is 30.1 Å². The summed E-state index contributed by atoms with van der Waals surface area (Å²) in [4.78, 5) is 37.5. The molecule has 1 saturated heterocycles. The first-order valence-electron chi connectivity index (χ1n) is 9.65. The number of hydrogen-bond donors (Lipinski definition) is 2. The number of sulfonamides is 1. The minimum absolute atomic E-state index is 0.0927. The SMILES string of the molecule is CC(=O)NS(=O)(=O)c1ccc(NC(=O)C2CCN(C(=O)c3cccc(F)c3)CC2)cc1. The van der Waals surface area contributed by atoms with Gasteiger partial charge in [-0.15, -0.1) is 0 Å². The molecule has 0 aromatic heterocycles. The molecule has 8 nitrogen and oxygen atoms in total. The van der Waals surface area contributed by atoms with Gasteiger partial charge in [0.1, 0.15) is 5.82 Å². The van der Waals surface area contributed by atoms with E-state index >= 15 is 0 Å². The molecule has 10 heteroatoms. The summed E-state index contributed by atoms with van der Waals surface area (Å²) in [6.07, 6.45) is 0.920. The third-order valence-electron chi connectivity index (χ3n) is 4.93. The van der Waals surface area contributed by atoms with Gasteiger partial charge in [0.2, 0.25) is 11.8 Å². The summed E-state index contributed by atoms with van der Waals surface area (Å²) in [7, 11) is -3.94. The van der Waals surface area contributed by atoms with Gasteiger partial charge in [-0.05, 0) is 55.3 Å². The first-order valence-corrected chi connectivity index (χ1v) is 11.1. The van der Waals surface area contributed by atoms with Crippen LogP contribution in [0.5, 0.6) is 0 Å². The van der Waals surface area contributed by atoms with Crippen molar-refractivity contribution < 1.29 is 27.2 Å². The number of nitrogens with one attached hydrogen (secondary N) is 2. The van der Waals surface area contributed by atoms with Crippen molar-refractivity contribution in [2.24, 2.45) is 5.92 Å². The van der Waals surface area contributed by atoms with E-state index in [9.17, 15) is 27.2 Å². The fourth-order valence-electron chi connectivity index (χ4n) is 3.36. The molecule has 2 N–H and O–H groups in total. The first kappa shape index (κ1) is 22.4. The van der Waals surface area contributed by atoms with E-state index in [1.807, 2.05) is 4.72 Å². The van der Waals surface area contributed by atoms with Crippen LogP contribution in [0.15, 0.2) is 53.4 Å². The molecule has 2 aromatic rings. The Hall–Kier alpha value is -3.27. The fraction of sp³-hybridized carbons (Fsp3) is 0.286. The lowest BCUT2D eigenvalue weighted by Crippen LogP contribution is -2.41. The van der Waals surface area contributed by atoms with Crippen LogP contribution in [0.3, 0.4) is 0 Å². The molecule has 0 radical (unpaired) electrons. The molecule has 0 unspecified atom stereocenters. The molecule has 3 rings (SSSR count). The van der Waals surface area contributed by atoms with E-state index in [2.05, 4.69) is 5.32 Å². The van der Waals surface area contributed by atoms with Gasteiger partial charge in [0, 0.05) is 37.2 Å². The van der Waals surface area contributed by atoms with E-state index in [1.165, 1.54) is 42.5 Å². The minimum atomic E-state index is -3.94. The van der Waals surface area contributed by atoms with Gasteiger partial charge in [-0.25, -0.2) is 17.5 Å². The highest BCUT2D eigenvalue weighted by Gasteiger charge is 2.28. The largest absolute Gasteiger partial charge is 0.339 e. The average Bonchev–Trinajstić information content (AvgIpc) is 2.73. The Balaban J connectivity index is 1.55. The highest BCUT2D eigenvalue weighted by molar-refractivity contribution is 7.90. The normalized spacial score (nSPS) is 14.7. The number of halogens is 1. The molecule has 1 aliphatic heterocycles. The molecule has 0 spiro atoms. The summed E-state index contributed by atoms with van der Waals surface area (Å²) < 4.78 is 39.1. The third kappa shape index (κ3) is 5.66. The van der Waals surface area contributed by atoms with Crippen LogP contribution >= 0.6 is 0 Å². The highest BCUT2D eigenvalue weighted by atomic mass is 32.2. The number of carbonyl (C=O) groups excluding carboxylic acids is 3. The van der Waals surface area contributed by atoms with Crippen LogP contribution in [-0.4, -0.2) is 44.1 Å². The van der Waals surface area contributed by atoms with Crippen LogP contribution in [0.25, 0.3) is 0 Å². The van der Waals surface area contributed by atoms with Crippen LogP contribution in [0.2, 0.25) is 0 Å². The molecule has 1 aliphatic rings. The Morgan fingerprint density at radius 3 is 2.26 bits per heavy atom. The van der Waals surface area contributed by atoms with E-state index in [-0.39, 0.29) is 28.2 Å². The average molecular weight is 447 g/mol. The molecule has 3 amide bonds. The van der Waals surface area contributed by atoms with Gasteiger partial charge in [-0.1, -0.05) is 6.07 Å². The number of amides is 3. The van der Waals surface area contributed by atoms with Gasteiger partial charge in [0.15, 0.2) is 0 Å². The molecule has 2 aromatic carbocycles. The summed E-state index contributed by atoms with van der Waals surface area (Å²) in [5.41, 5.74) is 0.697. The van der Waals surface area contributed by atoms with Crippen LogP contribution in [-0.2, 0) is 19.6 Å². The Bertz CT molecular complexity index is 1090. The maximum atomic E-state index is 13.3. The van der Waals surface area contributed by atoms with E-state index in [0.29, 0.717) is 31.6 Å². The zero-order valence-corrected chi connectivity index (χ0v) is 17.6. The van der Waals surface area contributed by atoms with Gasteiger partial charge in [0.05, 0.1) is 4.90 Å². The number of likely N-dealkylation sites (tertiary alicyclic amines) is 1. The molecule has 1 fully saturated rings. The van der Waals surface area contributed by atoms with E-state index in [4.69, 9.17) is 0 Å². The predicted octanol–water partition coefficient (Wildman–Crippen LogP) is 2.14. The zero-order valence-electron chi connectivity index (χ0n) is 16.8. The molecule has 0 bridgehead atoms. The van der Waals surface area contributed by atoms with Crippen LogP contribution in [0, 0.1) is 11.7 Å². The van der Waals surface area contributed by atoms with Crippen molar-refractivity contribution in [1.82, 2.24) is 9.62 Å². The fourth-order valence-corrected chi connectivity index (χ4v) is 4.35. The molecule has 0 atom stereocenters. The summed E-state index contributed by atoms with van der Waals surface area (Å²) in [5, 5.41) is 2.74. The van der Waals surface area contributed by atoms with Crippen molar-refractivity contribution >= 4 is 33.4 Å². The van der Waals surface area contributed by atoms with Crippen molar-refractivity contribution in [3.63, 3.8) is 0 Å².